The van der Waals surface area contributed by atoms with Crippen LogP contribution in [0.15, 0.2) is 52.3 Å². The van der Waals surface area contributed by atoms with Gasteiger partial charge in [-0.25, -0.2) is 4.79 Å². The number of aromatic amines is 1. The predicted molar refractivity (Wildman–Crippen MR) is 98.7 cm³/mol. The van der Waals surface area contributed by atoms with Gasteiger partial charge in [-0.1, -0.05) is 6.07 Å². The second-order valence-electron chi connectivity index (χ2n) is 6.68. The van der Waals surface area contributed by atoms with Crippen LogP contribution in [0.2, 0.25) is 0 Å². The first-order chi connectivity index (χ1) is 12.5. The van der Waals surface area contributed by atoms with Crippen molar-refractivity contribution in [2.24, 2.45) is 0 Å². The summed E-state index contributed by atoms with van der Waals surface area (Å²) in [7, 11) is 0. The van der Waals surface area contributed by atoms with E-state index in [1.807, 2.05) is 23.1 Å². The number of nitrogens with one attached hydrogen (secondary N) is 1. The van der Waals surface area contributed by atoms with Gasteiger partial charge in [-0.05, 0) is 36.4 Å². The molecule has 1 aliphatic heterocycles. The molecule has 1 saturated heterocycles. The highest BCUT2D eigenvalue weighted by atomic mass is 16.2. The van der Waals surface area contributed by atoms with Crippen LogP contribution in [0.4, 0.5) is 0 Å². The van der Waals surface area contributed by atoms with Crippen LogP contribution >= 0.6 is 0 Å². The zero-order valence-electron chi connectivity index (χ0n) is 14.5. The lowest BCUT2D eigenvalue weighted by molar-refractivity contribution is -0.130. The van der Waals surface area contributed by atoms with Gasteiger partial charge in [-0.3, -0.25) is 19.1 Å². The maximum Gasteiger partial charge on any atom is 0.332 e. The number of carbonyl (C=O) groups is 1. The van der Waals surface area contributed by atoms with E-state index in [4.69, 9.17) is 0 Å². The van der Waals surface area contributed by atoms with Crippen LogP contribution in [-0.2, 0) is 4.79 Å². The second kappa shape index (κ2) is 6.33. The molecule has 3 heterocycles. The molecule has 0 spiro atoms. The summed E-state index contributed by atoms with van der Waals surface area (Å²) in [6, 6.07) is 9.53. The number of likely N-dealkylation sites (tertiary alicyclic amines) is 1. The average Bonchev–Trinajstić information content (AvgIpc) is 3.05. The Morgan fingerprint density at radius 3 is 2.54 bits per heavy atom. The minimum atomic E-state index is -0.454. The van der Waals surface area contributed by atoms with Crippen molar-refractivity contribution in [1.82, 2.24) is 19.0 Å². The zero-order valence-corrected chi connectivity index (χ0v) is 14.5. The lowest BCUT2D eigenvalue weighted by Gasteiger charge is -2.32. The van der Waals surface area contributed by atoms with E-state index in [9.17, 15) is 14.4 Å². The molecule has 0 unspecified atom stereocenters. The first-order valence-electron chi connectivity index (χ1n) is 8.71. The number of carbonyl (C=O) groups excluding carboxylic acids is 1. The topological polar surface area (TPSA) is 80.1 Å². The third-order valence-corrected chi connectivity index (χ3v) is 5.11. The number of amides is 1. The number of nitrogens with zero attached hydrogens (tertiary/aromatic N) is 3. The Hall–Kier alpha value is -3.09. The molecule has 4 rings (SSSR count). The highest BCUT2D eigenvalue weighted by molar-refractivity contribution is 5.82. The molecule has 134 valence electrons. The van der Waals surface area contributed by atoms with Crippen molar-refractivity contribution in [3.05, 3.63) is 63.6 Å². The highest BCUT2D eigenvalue weighted by Crippen LogP contribution is 2.28. The van der Waals surface area contributed by atoms with E-state index < -0.39 is 11.2 Å². The van der Waals surface area contributed by atoms with Crippen LogP contribution < -0.4 is 11.2 Å². The van der Waals surface area contributed by atoms with Crippen LogP contribution in [0.5, 0.6) is 0 Å². The van der Waals surface area contributed by atoms with Gasteiger partial charge in [0, 0.05) is 44.5 Å². The number of hydrogen-bond donors (Lipinski definition) is 1. The number of piperidine rings is 1. The summed E-state index contributed by atoms with van der Waals surface area (Å²) >= 11 is 0. The number of rotatable bonds is 2. The second-order valence-corrected chi connectivity index (χ2v) is 6.68. The summed E-state index contributed by atoms with van der Waals surface area (Å²) < 4.78 is 3.66. The van der Waals surface area contributed by atoms with Gasteiger partial charge in [0.1, 0.15) is 0 Å². The Kier molecular flexibility index (Phi) is 3.99. The maximum absolute atomic E-state index is 12.1. The number of H-pyrrole nitrogens is 1. The van der Waals surface area contributed by atoms with E-state index in [0.717, 1.165) is 36.8 Å². The largest absolute Gasteiger partial charge is 0.344 e. The molecule has 2 aromatic heterocycles. The van der Waals surface area contributed by atoms with E-state index in [-0.39, 0.29) is 5.91 Å². The minimum absolute atomic E-state index is 0.126. The molecule has 1 N–H and O–H groups in total. The fraction of sp³-hybridized carbons (Fsp3) is 0.316. The third kappa shape index (κ3) is 2.85. The van der Waals surface area contributed by atoms with Gasteiger partial charge >= 0.3 is 5.69 Å². The summed E-state index contributed by atoms with van der Waals surface area (Å²) in [5, 5.41) is 1.10. The van der Waals surface area contributed by atoms with Crippen LogP contribution in [0.3, 0.4) is 0 Å². The molecular formula is C19H20N4O3. The lowest BCUT2D eigenvalue weighted by Crippen LogP contribution is -2.37. The fourth-order valence-electron chi connectivity index (χ4n) is 3.69. The monoisotopic (exact) mass is 352 g/mol. The van der Waals surface area contributed by atoms with Gasteiger partial charge in [0.15, 0.2) is 0 Å². The molecule has 1 amide bonds. The summed E-state index contributed by atoms with van der Waals surface area (Å²) in [5.41, 5.74) is 0.888. The molecule has 0 saturated carbocycles. The Morgan fingerprint density at radius 1 is 1.08 bits per heavy atom. The van der Waals surface area contributed by atoms with Gasteiger partial charge in [0.2, 0.25) is 5.91 Å². The maximum atomic E-state index is 12.1. The molecule has 7 nitrogen and oxygen atoms in total. The van der Waals surface area contributed by atoms with E-state index >= 15 is 0 Å². The quantitative estimate of drug-likeness (QED) is 0.762. The molecule has 0 aliphatic carbocycles. The molecule has 1 fully saturated rings. The molecular weight excluding hydrogens is 332 g/mol. The van der Waals surface area contributed by atoms with Crippen molar-refractivity contribution in [1.29, 1.82) is 0 Å². The minimum Gasteiger partial charge on any atom is -0.344 e. The average molecular weight is 352 g/mol. The van der Waals surface area contributed by atoms with Crippen molar-refractivity contribution in [3.8, 4) is 5.69 Å². The van der Waals surface area contributed by atoms with E-state index in [1.54, 1.807) is 6.92 Å². The molecule has 1 aromatic carbocycles. The zero-order chi connectivity index (χ0) is 18.3. The van der Waals surface area contributed by atoms with Crippen molar-refractivity contribution in [3.63, 3.8) is 0 Å². The number of benzene rings is 1. The van der Waals surface area contributed by atoms with Crippen LogP contribution in [0, 0.1) is 0 Å². The van der Waals surface area contributed by atoms with Gasteiger partial charge in [0.05, 0.1) is 11.2 Å². The molecule has 3 aromatic rings. The van der Waals surface area contributed by atoms with Crippen LogP contribution in [0.1, 0.15) is 25.8 Å². The van der Waals surface area contributed by atoms with Gasteiger partial charge in [-0.2, -0.15) is 0 Å². The molecule has 0 bridgehead atoms. The van der Waals surface area contributed by atoms with Crippen molar-refractivity contribution in [2.45, 2.75) is 25.8 Å². The van der Waals surface area contributed by atoms with E-state index in [2.05, 4.69) is 21.8 Å². The van der Waals surface area contributed by atoms with Crippen LogP contribution in [0.25, 0.3) is 16.6 Å². The normalized spacial score (nSPS) is 15.5. The Labute approximate surface area is 149 Å². The summed E-state index contributed by atoms with van der Waals surface area (Å²) in [5.74, 6) is 0.126. The molecule has 1 aliphatic rings. The first-order valence-corrected chi connectivity index (χ1v) is 8.71. The van der Waals surface area contributed by atoms with E-state index in [1.165, 1.54) is 16.8 Å². The molecule has 26 heavy (non-hydrogen) atoms. The fourth-order valence-corrected chi connectivity index (χ4v) is 3.69. The molecule has 7 heteroatoms. The van der Waals surface area contributed by atoms with Gasteiger partial charge < -0.3 is 9.47 Å². The highest BCUT2D eigenvalue weighted by Gasteiger charge is 2.22. The summed E-state index contributed by atoms with van der Waals surface area (Å²) in [4.78, 5) is 39.0. The molecule has 0 radical (unpaired) electrons. The van der Waals surface area contributed by atoms with Crippen LogP contribution in [-0.4, -0.2) is 38.0 Å². The lowest BCUT2D eigenvalue weighted by atomic mass is 10.0. The Balaban J connectivity index is 1.70. The third-order valence-electron chi connectivity index (χ3n) is 5.11. The SMILES string of the molecule is CC(=O)N1CCC(n2ccc3ccc(-n4ccc(=O)[nH]c4=O)cc32)CC1. The van der Waals surface area contributed by atoms with Crippen molar-refractivity contribution in [2.75, 3.05) is 13.1 Å². The van der Waals surface area contributed by atoms with E-state index in [0.29, 0.717) is 11.7 Å². The standard InChI is InChI=1S/C19H20N4O3/c1-13(24)21-8-5-15(6-9-21)22-10-4-14-2-3-16(12-17(14)22)23-11-7-18(25)20-19(23)26/h2-4,7,10-12,15H,5-6,8-9H2,1H3,(H,20,25,26). The van der Waals surface area contributed by atoms with Gasteiger partial charge in [0.25, 0.3) is 5.56 Å². The molecule has 0 atom stereocenters. The smallest absolute Gasteiger partial charge is 0.332 e. The number of fused-ring (bicyclic) bond motifs is 1. The Morgan fingerprint density at radius 2 is 1.85 bits per heavy atom. The first kappa shape index (κ1) is 16.4. The van der Waals surface area contributed by atoms with Crippen molar-refractivity contribution < 1.29 is 4.79 Å². The summed E-state index contributed by atoms with van der Waals surface area (Å²) in [6.45, 7) is 3.14. The summed E-state index contributed by atoms with van der Waals surface area (Å²) in [6.07, 6.45) is 5.37. The predicted octanol–water partition coefficient (Wildman–Crippen LogP) is 1.66. The van der Waals surface area contributed by atoms with Gasteiger partial charge in [-0.15, -0.1) is 0 Å². The number of hydrogen-bond acceptors (Lipinski definition) is 3. The number of aromatic nitrogens is 3. The van der Waals surface area contributed by atoms with Crippen molar-refractivity contribution >= 4 is 16.8 Å². The Bertz CT molecular complexity index is 1080.